The summed E-state index contributed by atoms with van der Waals surface area (Å²) >= 11 is 0. The molecule has 0 fully saturated rings. The Hall–Kier alpha value is -1.42. The molecule has 292 valence electrons. The fourth-order valence-electron chi connectivity index (χ4n) is 5.53. The largest absolute Gasteiger partial charge is 0.380 e. The number of nitrogens with one attached hydrogen (secondary N) is 6. The van der Waals surface area contributed by atoms with Crippen molar-refractivity contribution in [2.75, 3.05) is 91.8 Å². The summed E-state index contributed by atoms with van der Waals surface area (Å²) in [5, 5.41) is 19.8. The highest BCUT2D eigenvalue weighted by molar-refractivity contribution is 5.82. The van der Waals surface area contributed by atoms with Crippen LogP contribution in [0.4, 0.5) is 0 Å². The molecule has 0 aliphatic rings. The molecule has 0 aromatic heterocycles. The zero-order chi connectivity index (χ0) is 36.6. The van der Waals surface area contributed by atoms with Crippen molar-refractivity contribution in [2.45, 2.75) is 117 Å². The predicted octanol–water partition coefficient (Wildman–Crippen LogP) is 0.899. The van der Waals surface area contributed by atoms with E-state index in [0.29, 0.717) is 52.5 Å². The van der Waals surface area contributed by atoms with Crippen molar-refractivity contribution in [1.82, 2.24) is 31.9 Å². The minimum absolute atomic E-state index is 0.00854. The third kappa shape index (κ3) is 28.9. The molecule has 0 saturated heterocycles. The van der Waals surface area contributed by atoms with Gasteiger partial charge in [0.15, 0.2) is 0 Å². The van der Waals surface area contributed by atoms with E-state index < -0.39 is 0 Å². The first-order valence-electron chi connectivity index (χ1n) is 19.3. The third-order valence-corrected chi connectivity index (χ3v) is 8.63. The van der Waals surface area contributed by atoms with E-state index in [4.69, 9.17) is 27.7 Å². The molecule has 2 atom stereocenters. The molecule has 0 aromatic rings. The monoisotopic (exact) mass is 701 g/mol. The summed E-state index contributed by atoms with van der Waals surface area (Å²) in [4.78, 5) is 25.8. The van der Waals surface area contributed by atoms with Gasteiger partial charge in [-0.3, -0.25) is 9.59 Å². The van der Waals surface area contributed by atoms with E-state index in [1.54, 1.807) is 0 Å². The average molecular weight is 701 g/mol. The van der Waals surface area contributed by atoms with E-state index in [1.807, 2.05) is 0 Å². The second kappa shape index (κ2) is 31.3. The van der Waals surface area contributed by atoms with Crippen LogP contribution in [0.3, 0.4) is 0 Å². The van der Waals surface area contributed by atoms with E-state index in [1.165, 1.54) is 0 Å². The first-order chi connectivity index (χ1) is 23.5. The standard InChI is InChI=1S/C36H80N10O3/c1-35(2,15-7-25-45-33(47)31(43-27-11-19-39)13-5-21-41-23-9-17-37)29-49-30-36(3,4)16-8-26-46-34(48)32(44-28-12-20-40)14-6-22-42-24-10-18-38/h31-32,41-44H,5-30,37-40H2,1-4H3,(H,45,47)(H,46,48). The van der Waals surface area contributed by atoms with Crippen molar-refractivity contribution in [3.63, 3.8) is 0 Å². The van der Waals surface area contributed by atoms with Crippen molar-refractivity contribution in [3.05, 3.63) is 0 Å². The summed E-state index contributed by atoms with van der Waals surface area (Å²) < 4.78 is 6.22. The number of nitrogens with two attached hydrogens (primary N) is 4. The first-order valence-corrected chi connectivity index (χ1v) is 19.3. The van der Waals surface area contributed by atoms with E-state index in [2.05, 4.69) is 59.6 Å². The molecule has 13 nitrogen and oxygen atoms in total. The SMILES string of the molecule is CC(C)(CCCNC(=O)C(CCCNCCCN)NCCCN)COCC(C)(C)CCCNC(=O)C(CCCNCCCN)NCCCN. The van der Waals surface area contributed by atoms with E-state index in [0.717, 1.165) is 116 Å². The molecule has 0 bridgehead atoms. The lowest BCUT2D eigenvalue weighted by molar-refractivity contribution is -0.124. The van der Waals surface area contributed by atoms with Gasteiger partial charge in [0.2, 0.25) is 11.8 Å². The molecule has 0 aliphatic heterocycles. The van der Waals surface area contributed by atoms with Crippen LogP contribution in [0.2, 0.25) is 0 Å². The van der Waals surface area contributed by atoms with Crippen molar-refractivity contribution < 1.29 is 14.3 Å². The molecule has 14 N–H and O–H groups in total. The van der Waals surface area contributed by atoms with Gasteiger partial charge in [-0.25, -0.2) is 0 Å². The molecule has 0 aliphatic carbocycles. The van der Waals surface area contributed by atoms with Crippen LogP contribution in [0.5, 0.6) is 0 Å². The van der Waals surface area contributed by atoms with E-state index in [9.17, 15) is 9.59 Å². The fourth-order valence-corrected chi connectivity index (χ4v) is 5.53. The minimum Gasteiger partial charge on any atom is -0.380 e. The lowest BCUT2D eigenvalue weighted by Gasteiger charge is -2.29. The van der Waals surface area contributed by atoms with Gasteiger partial charge in [-0.1, -0.05) is 27.7 Å². The molecule has 49 heavy (non-hydrogen) atoms. The maximum Gasteiger partial charge on any atom is 0.237 e. The summed E-state index contributed by atoms with van der Waals surface area (Å²) in [6, 6.07) is -0.401. The maximum absolute atomic E-state index is 12.9. The Morgan fingerprint density at radius 1 is 0.510 bits per heavy atom. The molecule has 0 aromatic carbocycles. The van der Waals surface area contributed by atoms with Crippen LogP contribution in [0.25, 0.3) is 0 Å². The van der Waals surface area contributed by atoms with Gasteiger partial charge < -0.3 is 59.6 Å². The smallest absolute Gasteiger partial charge is 0.237 e. The van der Waals surface area contributed by atoms with Crippen molar-refractivity contribution >= 4 is 11.8 Å². The molecule has 13 heteroatoms. The number of carbonyl (C=O) groups is 2. The Kier molecular flexibility index (Phi) is 30.4. The zero-order valence-corrected chi connectivity index (χ0v) is 32.1. The van der Waals surface area contributed by atoms with Gasteiger partial charge in [0.1, 0.15) is 0 Å². The number of hydrogen-bond donors (Lipinski definition) is 10. The lowest BCUT2D eigenvalue weighted by Crippen LogP contribution is -2.45. The summed E-state index contributed by atoms with van der Waals surface area (Å²) in [7, 11) is 0. The van der Waals surface area contributed by atoms with Crippen molar-refractivity contribution in [1.29, 1.82) is 0 Å². The van der Waals surface area contributed by atoms with Gasteiger partial charge >= 0.3 is 0 Å². The lowest BCUT2D eigenvalue weighted by atomic mass is 9.87. The first kappa shape index (κ1) is 47.6. The Bertz CT molecular complexity index is 726. The average Bonchev–Trinajstić information content (AvgIpc) is 3.06. The number of carbonyl (C=O) groups excluding carboxylic acids is 2. The number of amides is 2. The number of ether oxygens (including phenoxy) is 1. The van der Waals surface area contributed by atoms with E-state index >= 15 is 0 Å². The van der Waals surface area contributed by atoms with Crippen LogP contribution in [0.15, 0.2) is 0 Å². The van der Waals surface area contributed by atoms with Crippen molar-refractivity contribution in [3.8, 4) is 0 Å². The van der Waals surface area contributed by atoms with Gasteiger partial charge in [0.05, 0.1) is 25.3 Å². The van der Waals surface area contributed by atoms with Gasteiger partial charge in [-0.15, -0.1) is 0 Å². The Morgan fingerprint density at radius 3 is 1.22 bits per heavy atom. The summed E-state index contributed by atoms with van der Waals surface area (Å²) in [6.45, 7) is 19.2. The Balaban J connectivity index is 4.40. The number of rotatable bonds is 36. The molecule has 2 amide bonds. The quantitative estimate of drug-likeness (QED) is 0.0414. The molecular weight excluding hydrogens is 620 g/mol. The molecule has 2 unspecified atom stereocenters. The molecule has 0 rings (SSSR count). The van der Waals surface area contributed by atoms with Crippen LogP contribution < -0.4 is 54.8 Å². The summed E-state index contributed by atoms with van der Waals surface area (Å²) in [5.74, 6) is 0.131. The fraction of sp³-hybridized carbons (Fsp3) is 0.944. The molecule has 0 saturated carbocycles. The van der Waals surface area contributed by atoms with Crippen LogP contribution in [-0.4, -0.2) is 116 Å². The van der Waals surface area contributed by atoms with Gasteiger partial charge in [0, 0.05) is 13.1 Å². The summed E-state index contributed by atoms with van der Waals surface area (Å²) in [6.07, 6.45) is 10.8. The number of hydrogen-bond acceptors (Lipinski definition) is 11. The third-order valence-electron chi connectivity index (χ3n) is 8.63. The topological polar surface area (TPSA) is 220 Å². The van der Waals surface area contributed by atoms with Gasteiger partial charge in [-0.2, -0.15) is 0 Å². The molecule has 0 spiro atoms. The summed E-state index contributed by atoms with van der Waals surface area (Å²) in [5.41, 5.74) is 22.4. The Labute approximate surface area is 300 Å². The van der Waals surface area contributed by atoms with Gasteiger partial charge in [-0.05, 0) is 153 Å². The van der Waals surface area contributed by atoms with Crippen LogP contribution >= 0.6 is 0 Å². The molecule has 0 heterocycles. The Morgan fingerprint density at radius 2 is 0.857 bits per heavy atom. The predicted molar refractivity (Wildman–Crippen MR) is 205 cm³/mol. The normalized spacial score (nSPS) is 13.4. The maximum atomic E-state index is 12.9. The zero-order valence-electron chi connectivity index (χ0n) is 32.1. The van der Waals surface area contributed by atoms with E-state index in [-0.39, 0.29) is 34.7 Å². The second-order valence-corrected chi connectivity index (χ2v) is 15.0. The van der Waals surface area contributed by atoms with Crippen LogP contribution in [0.1, 0.15) is 105 Å². The second-order valence-electron chi connectivity index (χ2n) is 15.0. The highest BCUT2D eigenvalue weighted by Gasteiger charge is 2.24. The highest BCUT2D eigenvalue weighted by atomic mass is 16.5. The molecule has 0 radical (unpaired) electrons. The highest BCUT2D eigenvalue weighted by Crippen LogP contribution is 2.26. The van der Waals surface area contributed by atoms with Crippen molar-refractivity contribution in [2.24, 2.45) is 33.8 Å². The van der Waals surface area contributed by atoms with Gasteiger partial charge in [0.25, 0.3) is 0 Å². The molecular formula is C36H80N10O3. The van der Waals surface area contributed by atoms with Crippen LogP contribution in [-0.2, 0) is 14.3 Å². The van der Waals surface area contributed by atoms with Crippen LogP contribution in [0, 0.1) is 10.8 Å². The minimum atomic E-state index is -0.201.